The molecule has 0 saturated heterocycles. The van der Waals surface area contributed by atoms with E-state index < -0.39 is 0 Å². The summed E-state index contributed by atoms with van der Waals surface area (Å²) < 4.78 is 13.2. The van der Waals surface area contributed by atoms with Crippen LogP contribution >= 0.6 is 0 Å². The van der Waals surface area contributed by atoms with Gasteiger partial charge in [-0.3, -0.25) is 0 Å². The van der Waals surface area contributed by atoms with E-state index in [1.54, 1.807) is 0 Å². The van der Waals surface area contributed by atoms with E-state index in [4.69, 9.17) is 23.8 Å². The number of aromatic nitrogens is 3. The molecule has 268 valence electrons. The topological polar surface area (TPSA) is 68.2 Å². The SMILES string of the molecule is C1=CC2C(c3ccccc3N2c2ccccc2)c2c1oc1c(-c3nc(-c4cccc(-c5ccccc5)c4)nc(-c4cccc5oc6ccccc6c45)n3)cccc21. The van der Waals surface area contributed by atoms with Crippen molar-refractivity contribution in [2.45, 2.75) is 12.0 Å². The van der Waals surface area contributed by atoms with Gasteiger partial charge in [0.05, 0.1) is 11.6 Å². The summed E-state index contributed by atoms with van der Waals surface area (Å²) in [5.74, 6) is 2.63. The number of hydrogen-bond acceptors (Lipinski definition) is 6. The molecule has 0 saturated carbocycles. The van der Waals surface area contributed by atoms with Gasteiger partial charge in [-0.1, -0.05) is 133 Å². The van der Waals surface area contributed by atoms with Gasteiger partial charge in [0.15, 0.2) is 17.5 Å². The van der Waals surface area contributed by atoms with Crippen molar-refractivity contribution in [3.63, 3.8) is 0 Å². The van der Waals surface area contributed by atoms with Crippen molar-refractivity contribution in [1.82, 2.24) is 15.0 Å². The molecule has 3 aromatic heterocycles. The van der Waals surface area contributed by atoms with Crippen LogP contribution in [0.2, 0.25) is 0 Å². The molecule has 7 aromatic carbocycles. The summed E-state index contributed by atoms with van der Waals surface area (Å²) in [6, 6.07) is 58.8. The summed E-state index contributed by atoms with van der Waals surface area (Å²) in [6.07, 6.45) is 4.43. The molecule has 0 bridgehead atoms. The largest absolute Gasteiger partial charge is 0.456 e. The molecule has 1 aliphatic heterocycles. The molecule has 6 nitrogen and oxygen atoms in total. The van der Waals surface area contributed by atoms with Gasteiger partial charge in [0.1, 0.15) is 22.5 Å². The number of rotatable bonds is 5. The van der Waals surface area contributed by atoms with Gasteiger partial charge in [-0.25, -0.2) is 15.0 Å². The summed E-state index contributed by atoms with van der Waals surface area (Å²) in [4.78, 5) is 18.2. The van der Waals surface area contributed by atoms with Crippen LogP contribution < -0.4 is 4.90 Å². The molecule has 0 spiro atoms. The number of furan rings is 2. The molecule has 2 unspecified atom stereocenters. The van der Waals surface area contributed by atoms with Crippen molar-refractivity contribution >= 4 is 50.4 Å². The van der Waals surface area contributed by atoms with E-state index in [1.807, 2.05) is 36.4 Å². The van der Waals surface area contributed by atoms with E-state index in [0.717, 1.165) is 66.5 Å². The smallest absolute Gasteiger partial charge is 0.167 e. The van der Waals surface area contributed by atoms with Gasteiger partial charge in [-0.15, -0.1) is 0 Å². The molecule has 2 aliphatic rings. The second kappa shape index (κ2) is 12.5. The fourth-order valence-corrected chi connectivity index (χ4v) is 9.03. The minimum absolute atomic E-state index is 0.0788. The number of nitrogens with zero attached hydrogens (tertiary/aromatic N) is 4. The van der Waals surface area contributed by atoms with Crippen LogP contribution in [0.3, 0.4) is 0 Å². The van der Waals surface area contributed by atoms with Crippen molar-refractivity contribution in [3.8, 4) is 45.3 Å². The highest BCUT2D eigenvalue weighted by Crippen LogP contribution is 2.54. The first-order valence-corrected chi connectivity index (χ1v) is 19.3. The second-order valence-corrected chi connectivity index (χ2v) is 14.7. The molecular weight excluding hydrogens is 701 g/mol. The Bertz CT molecular complexity index is 3220. The number of fused-ring (bicyclic) bond motifs is 10. The molecular formula is C51H32N4O2. The van der Waals surface area contributed by atoms with Crippen molar-refractivity contribution in [2.75, 3.05) is 4.90 Å². The summed E-state index contributed by atoms with van der Waals surface area (Å²) in [7, 11) is 0. The molecule has 10 aromatic rings. The quantitative estimate of drug-likeness (QED) is 0.175. The Morgan fingerprint density at radius 3 is 2.04 bits per heavy atom. The molecule has 6 heteroatoms. The van der Waals surface area contributed by atoms with Crippen molar-refractivity contribution in [3.05, 3.63) is 193 Å². The summed E-state index contributed by atoms with van der Waals surface area (Å²) >= 11 is 0. The Labute approximate surface area is 328 Å². The molecule has 4 heterocycles. The van der Waals surface area contributed by atoms with Crippen LogP contribution in [0.5, 0.6) is 0 Å². The lowest BCUT2D eigenvalue weighted by Crippen LogP contribution is -2.30. The summed E-state index contributed by atoms with van der Waals surface area (Å²) in [6.45, 7) is 0. The highest BCUT2D eigenvalue weighted by molar-refractivity contribution is 6.12. The predicted octanol–water partition coefficient (Wildman–Crippen LogP) is 12.9. The van der Waals surface area contributed by atoms with Gasteiger partial charge in [0.2, 0.25) is 0 Å². The minimum atomic E-state index is 0.0788. The van der Waals surface area contributed by atoms with E-state index in [1.165, 1.54) is 22.5 Å². The van der Waals surface area contributed by atoms with Crippen LogP contribution in [0.4, 0.5) is 11.4 Å². The lowest BCUT2D eigenvalue weighted by molar-refractivity contribution is 0.584. The van der Waals surface area contributed by atoms with Gasteiger partial charge >= 0.3 is 0 Å². The van der Waals surface area contributed by atoms with E-state index in [0.29, 0.717) is 17.5 Å². The maximum atomic E-state index is 6.90. The first-order valence-electron chi connectivity index (χ1n) is 19.3. The standard InChI is InChI=1S/C51H32N4O2/c1-3-14-31(15-4-1)32-16-11-17-33(30-32)49-52-50(38-23-13-27-43-45(38)36-21-8-10-26-42(36)56-43)54-51(53-49)39-24-12-22-37-47-44(57-48(37)39)29-28-41-46(47)35-20-7-9-25-40(35)55(41)34-18-5-2-6-19-34/h1-30,41,46H. The summed E-state index contributed by atoms with van der Waals surface area (Å²) in [5, 5.41) is 3.05. The van der Waals surface area contributed by atoms with Gasteiger partial charge in [-0.05, 0) is 65.2 Å². The first kappa shape index (κ1) is 31.7. The average molecular weight is 733 g/mol. The monoisotopic (exact) mass is 732 g/mol. The zero-order valence-electron chi connectivity index (χ0n) is 30.6. The molecule has 57 heavy (non-hydrogen) atoms. The van der Waals surface area contributed by atoms with E-state index in [9.17, 15) is 0 Å². The molecule has 12 rings (SSSR count). The van der Waals surface area contributed by atoms with Crippen LogP contribution in [-0.2, 0) is 0 Å². The third-order valence-corrected chi connectivity index (χ3v) is 11.5. The summed E-state index contributed by atoms with van der Waals surface area (Å²) in [5.41, 5.74) is 12.0. The van der Waals surface area contributed by atoms with Crippen LogP contribution in [-0.4, -0.2) is 21.0 Å². The van der Waals surface area contributed by atoms with E-state index >= 15 is 0 Å². The Hall–Kier alpha value is -7.57. The third kappa shape index (κ3) is 4.94. The lowest BCUT2D eigenvalue weighted by Gasteiger charge is -2.30. The van der Waals surface area contributed by atoms with E-state index in [2.05, 4.69) is 151 Å². The molecule has 0 fully saturated rings. The Morgan fingerprint density at radius 1 is 0.491 bits per heavy atom. The molecule has 0 radical (unpaired) electrons. The second-order valence-electron chi connectivity index (χ2n) is 14.7. The zero-order chi connectivity index (χ0) is 37.5. The Morgan fingerprint density at radius 2 is 1.14 bits per heavy atom. The van der Waals surface area contributed by atoms with Crippen LogP contribution in [0, 0.1) is 0 Å². The van der Waals surface area contributed by atoms with Crippen LogP contribution in [0.1, 0.15) is 22.8 Å². The van der Waals surface area contributed by atoms with Crippen LogP contribution in [0.15, 0.2) is 185 Å². The molecule has 0 N–H and O–H groups in total. The maximum absolute atomic E-state index is 6.90. The fraction of sp³-hybridized carbons (Fsp3) is 0.0392. The van der Waals surface area contributed by atoms with Crippen molar-refractivity contribution < 1.29 is 8.83 Å². The predicted molar refractivity (Wildman–Crippen MR) is 228 cm³/mol. The normalized spacial score (nSPS) is 15.6. The van der Waals surface area contributed by atoms with Gasteiger partial charge in [0, 0.05) is 50.1 Å². The number of anilines is 2. The van der Waals surface area contributed by atoms with Crippen LogP contribution in [0.25, 0.3) is 84.3 Å². The highest BCUT2D eigenvalue weighted by atomic mass is 16.3. The third-order valence-electron chi connectivity index (χ3n) is 11.5. The molecule has 0 amide bonds. The van der Waals surface area contributed by atoms with Gasteiger partial charge < -0.3 is 13.7 Å². The van der Waals surface area contributed by atoms with Gasteiger partial charge in [-0.2, -0.15) is 0 Å². The highest BCUT2D eigenvalue weighted by Gasteiger charge is 2.43. The number of hydrogen-bond donors (Lipinski definition) is 0. The number of para-hydroxylation sites is 4. The lowest BCUT2D eigenvalue weighted by atomic mass is 9.82. The maximum Gasteiger partial charge on any atom is 0.167 e. The average Bonchev–Trinajstić information content (AvgIpc) is 3.96. The Balaban J connectivity index is 1.07. The minimum Gasteiger partial charge on any atom is -0.456 e. The van der Waals surface area contributed by atoms with Gasteiger partial charge in [0.25, 0.3) is 0 Å². The molecule has 1 aliphatic carbocycles. The zero-order valence-corrected chi connectivity index (χ0v) is 30.6. The fourth-order valence-electron chi connectivity index (χ4n) is 9.03. The first-order chi connectivity index (χ1) is 28.3. The Kier molecular flexibility index (Phi) is 6.95. The van der Waals surface area contributed by atoms with Crippen molar-refractivity contribution in [2.24, 2.45) is 0 Å². The number of benzene rings is 7. The van der Waals surface area contributed by atoms with E-state index in [-0.39, 0.29) is 12.0 Å². The molecule has 2 atom stereocenters. The van der Waals surface area contributed by atoms with Crippen molar-refractivity contribution in [1.29, 1.82) is 0 Å².